The van der Waals surface area contributed by atoms with Crippen LogP contribution < -0.4 is 21.1 Å². The Hall–Kier alpha value is -3.71. The molecule has 6 nitrogen and oxygen atoms in total. The van der Waals surface area contributed by atoms with E-state index in [2.05, 4.69) is 35.4 Å². The minimum atomic E-state index is -0.274. The van der Waals surface area contributed by atoms with Crippen LogP contribution in [0.5, 0.6) is 5.75 Å². The molecule has 2 rings (SSSR count). The van der Waals surface area contributed by atoms with Gasteiger partial charge in [0.05, 0.1) is 18.7 Å². The number of phenols is 1. The number of nitrogens with one attached hydrogen (secondary N) is 2. The number of imidazole rings is 1. The molecule has 1 aromatic carbocycles. The minimum Gasteiger partial charge on any atom is -0.508 e. The molecule has 0 radical (unpaired) electrons. The highest BCUT2D eigenvalue weighted by atomic mass is 19.1. The highest BCUT2D eigenvalue weighted by Crippen LogP contribution is 2.12. The molecule has 1 heterocycles. The summed E-state index contributed by atoms with van der Waals surface area (Å²) < 4.78 is 15.2. The molecule has 0 atom stereocenters. The first kappa shape index (κ1) is 32.3. The quantitative estimate of drug-likeness (QED) is 0.321. The number of allylic oxidation sites excluding steroid dienone is 5. The van der Waals surface area contributed by atoms with E-state index in [1.54, 1.807) is 30.7 Å². The van der Waals surface area contributed by atoms with Gasteiger partial charge in [-0.2, -0.15) is 0 Å². The zero-order valence-corrected chi connectivity index (χ0v) is 22.3. The molecule has 2 aromatic rings. The molecule has 36 heavy (non-hydrogen) atoms. The molecule has 196 valence electrons. The summed E-state index contributed by atoms with van der Waals surface area (Å²) in [6.45, 7) is 21.9. The van der Waals surface area contributed by atoms with Crippen LogP contribution in [0.4, 0.5) is 4.39 Å². The van der Waals surface area contributed by atoms with Gasteiger partial charge in [0.25, 0.3) is 0 Å². The standard InChI is InChI=1S/C25H29FN4O2.2C2H6/c1-5-7-20(12-19(4)26)13-21-15-28-17-30(21)11-10-27-16-25(32)29-24(6-2)23-14-22(31)9-8-18(23)3;2*1-2/h5-9,12,14-15,17,27,31H,1-3,10-11,13,16H2,4H3,(H,29,32);2*1-2H3/b19-12+,20-7+,24-23+;;. The van der Waals surface area contributed by atoms with E-state index in [0.717, 1.165) is 11.3 Å². The Kier molecular flexibility index (Phi) is 16.7. The molecule has 0 saturated carbocycles. The summed E-state index contributed by atoms with van der Waals surface area (Å²) in [7, 11) is 0. The molecule has 0 aliphatic carbocycles. The lowest BCUT2D eigenvalue weighted by molar-refractivity contribution is -0.119. The predicted octanol–water partition coefficient (Wildman–Crippen LogP) is 4.28. The number of hydrogen-bond donors (Lipinski definition) is 3. The van der Waals surface area contributed by atoms with Gasteiger partial charge in [0.15, 0.2) is 0 Å². The van der Waals surface area contributed by atoms with Gasteiger partial charge in [-0.15, -0.1) is 0 Å². The van der Waals surface area contributed by atoms with E-state index in [1.807, 2.05) is 32.3 Å². The summed E-state index contributed by atoms with van der Waals surface area (Å²) in [5, 5.41) is 16.8. The number of nitrogens with zero attached hydrogens (tertiary/aromatic N) is 2. The molecular formula is C29H41FN4O2. The van der Waals surface area contributed by atoms with Crippen LogP contribution in [-0.4, -0.2) is 33.7 Å². The lowest BCUT2D eigenvalue weighted by Gasteiger charge is -2.11. The maximum Gasteiger partial charge on any atom is 0.238 e. The summed E-state index contributed by atoms with van der Waals surface area (Å²) in [4.78, 5) is 16.5. The Labute approximate surface area is 215 Å². The average molecular weight is 497 g/mol. The van der Waals surface area contributed by atoms with Crippen molar-refractivity contribution in [1.82, 2.24) is 20.2 Å². The highest BCUT2D eigenvalue weighted by molar-refractivity contribution is 5.86. The van der Waals surface area contributed by atoms with Crippen molar-refractivity contribution in [1.29, 1.82) is 0 Å². The molecule has 1 amide bonds. The van der Waals surface area contributed by atoms with Crippen molar-refractivity contribution in [2.75, 3.05) is 13.1 Å². The Morgan fingerprint density at radius 3 is 2.53 bits per heavy atom. The molecule has 1 aromatic heterocycles. The van der Waals surface area contributed by atoms with Crippen LogP contribution in [0.2, 0.25) is 0 Å². The van der Waals surface area contributed by atoms with E-state index in [0.29, 0.717) is 35.6 Å². The van der Waals surface area contributed by atoms with Crippen molar-refractivity contribution < 1.29 is 14.3 Å². The van der Waals surface area contributed by atoms with Crippen LogP contribution in [0, 0.1) is 0 Å². The van der Waals surface area contributed by atoms with Crippen molar-refractivity contribution in [3.05, 3.63) is 95.7 Å². The molecule has 0 unspecified atom stereocenters. The van der Waals surface area contributed by atoms with Gasteiger partial charge in [-0.1, -0.05) is 65.7 Å². The Balaban J connectivity index is 0.00000291. The molecule has 0 aliphatic rings. The van der Waals surface area contributed by atoms with Crippen LogP contribution in [0.1, 0.15) is 40.3 Å². The SMILES string of the molecule is C=C/C=C(\C=C(/C)F)Cc1cncn1CCNCC(=O)N/C(C=C)=c1\cc(O)ccc1=C.CC.CC. The number of benzene rings is 1. The van der Waals surface area contributed by atoms with Gasteiger partial charge < -0.3 is 20.3 Å². The van der Waals surface area contributed by atoms with Gasteiger partial charge in [0, 0.05) is 42.3 Å². The first-order chi connectivity index (χ1) is 17.3. The Morgan fingerprint density at radius 1 is 1.22 bits per heavy atom. The van der Waals surface area contributed by atoms with Gasteiger partial charge in [-0.25, -0.2) is 9.37 Å². The smallest absolute Gasteiger partial charge is 0.238 e. The van der Waals surface area contributed by atoms with Crippen LogP contribution in [0.15, 0.2) is 79.6 Å². The minimum absolute atomic E-state index is 0.0820. The van der Waals surface area contributed by atoms with Gasteiger partial charge in [-0.05, 0) is 42.0 Å². The maximum absolute atomic E-state index is 13.3. The summed E-state index contributed by atoms with van der Waals surface area (Å²) in [6.07, 6.45) is 10.3. The Bertz CT molecular complexity index is 1140. The maximum atomic E-state index is 13.3. The van der Waals surface area contributed by atoms with E-state index >= 15 is 0 Å². The van der Waals surface area contributed by atoms with Gasteiger partial charge >= 0.3 is 0 Å². The Morgan fingerprint density at radius 2 is 1.92 bits per heavy atom. The van der Waals surface area contributed by atoms with E-state index in [1.165, 1.54) is 31.2 Å². The third-order valence-electron chi connectivity index (χ3n) is 4.58. The van der Waals surface area contributed by atoms with Crippen molar-refractivity contribution in [2.45, 2.75) is 47.6 Å². The molecular weight excluding hydrogens is 455 g/mol. The molecule has 0 fully saturated rings. The second-order valence-electron chi connectivity index (χ2n) is 7.15. The van der Waals surface area contributed by atoms with E-state index in [9.17, 15) is 14.3 Å². The number of carbonyl (C=O) groups excluding carboxylic acids is 1. The predicted molar refractivity (Wildman–Crippen MR) is 149 cm³/mol. The lowest BCUT2D eigenvalue weighted by Crippen LogP contribution is -2.38. The fourth-order valence-electron chi connectivity index (χ4n) is 3.11. The van der Waals surface area contributed by atoms with Crippen LogP contribution in [0.3, 0.4) is 0 Å². The number of amides is 1. The fourth-order valence-corrected chi connectivity index (χ4v) is 3.11. The summed E-state index contributed by atoms with van der Waals surface area (Å²) >= 11 is 0. The summed E-state index contributed by atoms with van der Waals surface area (Å²) in [5.41, 5.74) is 2.20. The number of halogens is 1. The number of aromatic hydroxyl groups is 1. The van der Waals surface area contributed by atoms with Gasteiger partial charge in [0.1, 0.15) is 5.75 Å². The van der Waals surface area contributed by atoms with Crippen molar-refractivity contribution >= 4 is 18.2 Å². The first-order valence-electron chi connectivity index (χ1n) is 12.1. The number of carbonyl (C=O) groups is 1. The second-order valence-corrected chi connectivity index (χ2v) is 7.15. The lowest BCUT2D eigenvalue weighted by atomic mass is 10.1. The third-order valence-corrected chi connectivity index (χ3v) is 4.58. The average Bonchev–Trinajstić information content (AvgIpc) is 3.31. The molecule has 0 aliphatic heterocycles. The van der Waals surface area contributed by atoms with Crippen LogP contribution in [-0.2, 0) is 17.8 Å². The van der Waals surface area contributed by atoms with Gasteiger partial charge in [0.2, 0.25) is 5.91 Å². The topological polar surface area (TPSA) is 79.2 Å². The molecule has 0 bridgehead atoms. The van der Waals surface area contributed by atoms with Crippen LogP contribution in [0.25, 0.3) is 12.3 Å². The number of hydrogen-bond acceptors (Lipinski definition) is 4. The first-order valence-corrected chi connectivity index (χ1v) is 12.1. The van der Waals surface area contributed by atoms with E-state index in [4.69, 9.17) is 0 Å². The van der Waals surface area contributed by atoms with E-state index < -0.39 is 0 Å². The van der Waals surface area contributed by atoms with Crippen LogP contribution >= 0.6 is 0 Å². The molecule has 3 N–H and O–H groups in total. The van der Waals surface area contributed by atoms with E-state index in [-0.39, 0.29) is 24.0 Å². The number of rotatable bonds is 11. The van der Waals surface area contributed by atoms with Crippen molar-refractivity contribution in [3.8, 4) is 5.75 Å². The number of phenolic OH excluding ortho intramolecular Hbond substituents is 1. The number of aromatic nitrogens is 2. The highest BCUT2D eigenvalue weighted by Gasteiger charge is 2.07. The molecule has 0 saturated heterocycles. The van der Waals surface area contributed by atoms with Crippen molar-refractivity contribution in [3.63, 3.8) is 0 Å². The zero-order valence-electron chi connectivity index (χ0n) is 22.3. The van der Waals surface area contributed by atoms with Gasteiger partial charge in [-0.3, -0.25) is 4.79 Å². The summed E-state index contributed by atoms with van der Waals surface area (Å²) in [5.74, 6) is -0.434. The monoisotopic (exact) mass is 496 g/mol. The zero-order chi connectivity index (χ0) is 27.5. The largest absolute Gasteiger partial charge is 0.508 e. The van der Waals surface area contributed by atoms with Crippen molar-refractivity contribution in [2.24, 2.45) is 0 Å². The molecule has 0 spiro atoms. The third kappa shape index (κ3) is 11.6. The normalized spacial score (nSPS) is 11.8. The summed E-state index contributed by atoms with van der Waals surface area (Å²) in [6, 6.07) is 4.73. The molecule has 7 heteroatoms. The fraction of sp³-hybridized carbons (Fsp3) is 0.310. The second kappa shape index (κ2) is 18.6.